The van der Waals surface area contributed by atoms with Crippen LogP contribution in [0.15, 0.2) is 48.3 Å². The first-order chi connectivity index (χ1) is 10.1. The molecule has 0 bridgehead atoms. The van der Waals surface area contributed by atoms with Gasteiger partial charge in [0.2, 0.25) is 0 Å². The van der Waals surface area contributed by atoms with Gasteiger partial charge in [0.15, 0.2) is 0 Å². The van der Waals surface area contributed by atoms with E-state index in [9.17, 15) is 4.79 Å². The summed E-state index contributed by atoms with van der Waals surface area (Å²) in [5, 5.41) is 1.52. The Morgan fingerprint density at radius 2 is 2.29 bits per heavy atom. The number of methoxy groups -OCH3 is 1. The first-order valence-corrected chi connectivity index (χ1v) is 7.08. The number of fused-ring (bicyclic) bond motifs is 1. The summed E-state index contributed by atoms with van der Waals surface area (Å²) in [4.78, 5) is 15.7. The van der Waals surface area contributed by atoms with Crippen molar-refractivity contribution >= 4 is 28.5 Å². The highest BCUT2D eigenvalue weighted by molar-refractivity contribution is 6.30. The van der Waals surface area contributed by atoms with E-state index in [0.717, 1.165) is 10.9 Å². The number of pyridine rings is 1. The van der Waals surface area contributed by atoms with Gasteiger partial charge in [0, 0.05) is 17.8 Å². The van der Waals surface area contributed by atoms with E-state index in [1.54, 1.807) is 6.20 Å². The Morgan fingerprint density at radius 1 is 1.48 bits per heavy atom. The van der Waals surface area contributed by atoms with Gasteiger partial charge in [-0.25, -0.2) is 9.78 Å². The second kappa shape index (κ2) is 5.37. The smallest absolute Gasteiger partial charge is 0.337 e. The van der Waals surface area contributed by atoms with Crippen molar-refractivity contribution in [3.8, 4) is 0 Å². The molecule has 2 aromatic heterocycles. The molecule has 0 radical (unpaired) electrons. The second-order valence-electron chi connectivity index (χ2n) is 5.11. The molecule has 2 aromatic rings. The van der Waals surface area contributed by atoms with Crippen molar-refractivity contribution in [2.75, 3.05) is 7.11 Å². The number of rotatable bonds is 2. The number of ether oxygens (including phenoxy) is 1. The minimum atomic E-state index is -0.304. The Labute approximate surface area is 127 Å². The van der Waals surface area contributed by atoms with E-state index in [0.29, 0.717) is 10.7 Å². The minimum Gasteiger partial charge on any atom is -0.465 e. The summed E-state index contributed by atoms with van der Waals surface area (Å²) in [6.45, 7) is 2.08. The van der Waals surface area contributed by atoms with Crippen LogP contribution in [0.1, 0.15) is 13.0 Å². The van der Waals surface area contributed by atoms with Crippen molar-refractivity contribution in [3.63, 3.8) is 0 Å². The van der Waals surface area contributed by atoms with Gasteiger partial charge >= 0.3 is 5.97 Å². The fraction of sp³-hybridized carbons (Fsp3) is 0.250. The average molecular weight is 303 g/mol. The SMILES string of the molecule is COC(=O)C1=CC(C)C(n2ccc3cnc(Cl)cc32)C=C1. The van der Waals surface area contributed by atoms with E-state index < -0.39 is 0 Å². The zero-order valence-corrected chi connectivity index (χ0v) is 12.5. The zero-order chi connectivity index (χ0) is 15.0. The molecule has 2 unspecified atom stereocenters. The second-order valence-corrected chi connectivity index (χ2v) is 5.50. The highest BCUT2D eigenvalue weighted by Gasteiger charge is 2.22. The number of hydrogen-bond acceptors (Lipinski definition) is 3. The molecule has 0 aromatic carbocycles. The van der Waals surface area contributed by atoms with Gasteiger partial charge in [0.25, 0.3) is 0 Å². The van der Waals surface area contributed by atoms with Crippen LogP contribution in [-0.4, -0.2) is 22.6 Å². The van der Waals surface area contributed by atoms with Crippen LogP contribution >= 0.6 is 11.6 Å². The fourth-order valence-corrected chi connectivity index (χ4v) is 2.85. The third kappa shape index (κ3) is 2.47. The van der Waals surface area contributed by atoms with E-state index >= 15 is 0 Å². The number of esters is 1. The summed E-state index contributed by atoms with van der Waals surface area (Å²) in [5.74, 6) is -0.132. The van der Waals surface area contributed by atoms with Crippen molar-refractivity contribution < 1.29 is 9.53 Å². The molecule has 0 N–H and O–H groups in total. The summed E-state index contributed by atoms with van der Waals surface area (Å²) in [6, 6.07) is 4.00. The molecule has 2 heterocycles. The van der Waals surface area contributed by atoms with Gasteiger partial charge in [0.05, 0.1) is 24.2 Å². The Morgan fingerprint density at radius 3 is 3.00 bits per heavy atom. The normalized spacial score (nSPS) is 21.4. The number of allylic oxidation sites excluding steroid dienone is 2. The van der Waals surface area contributed by atoms with Crippen LogP contribution in [-0.2, 0) is 9.53 Å². The maximum Gasteiger partial charge on any atom is 0.337 e. The molecule has 0 amide bonds. The first kappa shape index (κ1) is 13.9. The van der Waals surface area contributed by atoms with Gasteiger partial charge in [-0.1, -0.05) is 30.7 Å². The molecule has 1 aliphatic rings. The maximum absolute atomic E-state index is 11.6. The van der Waals surface area contributed by atoms with E-state index in [1.165, 1.54) is 7.11 Å². The van der Waals surface area contributed by atoms with Gasteiger partial charge in [-0.3, -0.25) is 0 Å². The van der Waals surface area contributed by atoms with Gasteiger partial charge in [-0.15, -0.1) is 0 Å². The van der Waals surface area contributed by atoms with Crippen molar-refractivity contribution in [2.24, 2.45) is 5.92 Å². The summed E-state index contributed by atoms with van der Waals surface area (Å²) < 4.78 is 6.91. The maximum atomic E-state index is 11.6. The van der Waals surface area contributed by atoms with Crippen molar-refractivity contribution in [1.82, 2.24) is 9.55 Å². The lowest BCUT2D eigenvalue weighted by molar-refractivity contribution is -0.135. The highest BCUT2D eigenvalue weighted by Crippen LogP contribution is 2.31. The van der Waals surface area contributed by atoms with Crippen LogP contribution in [0.5, 0.6) is 0 Å². The molecule has 4 nitrogen and oxygen atoms in total. The fourth-order valence-electron chi connectivity index (χ4n) is 2.70. The minimum absolute atomic E-state index is 0.134. The van der Waals surface area contributed by atoms with Crippen molar-refractivity contribution in [3.05, 3.63) is 53.5 Å². The zero-order valence-electron chi connectivity index (χ0n) is 11.8. The van der Waals surface area contributed by atoms with Crippen molar-refractivity contribution in [2.45, 2.75) is 13.0 Å². The lowest BCUT2D eigenvalue weighted by Gasteiger charge is -2.25. The van der Waals surface area contributed by atoms with Gasteiger partial charge in [0.1, 0.15) is 5.15 Å². The Balaban J connectivity index is 1.98. The summed E-state index contributed by atoms with van der Waals surface area (Å²) in [5.41, 5.74) is 1.63. The lowest BCUT2D eigenvalue weighted by Crippen LogP contribution is -2.18. The largest absolute Gasteiger partial charge is 0.465 e. The summed E-state index contributed by atoms with van der Waals surface area (Å²) >= 11 is 5.99. The molecule has 3 rings (SSSR count). The molecule has 5 heteroatoms. The third-order valence-electron chi connectivity index (χ3n) is 3.77. The third-order valence-corrected chi connectivity index (χ3v) is 3.97. The molecule has 0 saturated heterocycles. The van der Waals surface area contributed by atoms with Crippen LogP contribution < -0.4 is 0 Å². The van der Waals surface area contributed by atoms with Gasteiger partial charge < -0.3 is 9.30 Å². The number of halogens is 1. The quantitative estimate of drug-likeness (QED) is 0.629. The molecule has 108 valence electrons. The standard InChI is InChI=1S/C16H15ClN2O2/c1-10-7-11(16(20)21-2)3-4-13(10)19-6-5-12-9-18-15(17)8-14(12)19/h3-10,13H,1-2H3. The molecule has 0 saturated carbocycles. The van der Waals surface area contributed by atoms with E-state index in [-0.39, 0.29) is 17.9 Å². The number of hydrogen-bond donors (Lipinski definition) is 0. The van der Waals surface area contributed by atoms with E-state index in [1.807, 2.05) is 36.6 Å². The summed E-state index contributed by atoms with van der Waals surface area (Å²) in [6.07, 6.45) is 9.55. The topological polar surface area (TPSA) is 44.1 Å². The van der Waals surface area contributed by atoms with E-state index in [2.05, 4.69) is 16.5 Å². The summed E-state index contributed by atoms with van der Waals surface area (Å²) in [7, 11) is 1.39. The van der Waals surface area contributed by atoms with Crippen LogP contribution in [0.2, 0.25) is 5.15 Å². The van der Waals surface area contributed by atoms with Gasteiger partial charge in [-0.05, 0) is 24.1 Å². The van der Waals surface area contributed by atoms with Crippen LogP contribution in [0.4, 0.5) is 0 Å². The molecule has 1 aliphatic carbocycles. The lowest BCUT2D eigenvalue weighted by atomic mass is 9.92. The predicted molar refractivity (Wildman–Crippen MR) is 82.2 cm³/mol. The highest BCUT2D eigenvalue weighted by atomic mass is 35.5. The first-order valence-electron chi connectivity index (χ1n) is 6.70. The molecule has 2 atom stereocenters. The van der Waals surface area contributed by atoms with E-state index in [4.69, 9.17) is 16.3 Å². The van der Waals surface area contributed by atoms with Crippen molar-refractivity contribution in [1.29, 1.82) is 0 Å². The number of carbonyl (C=O) groups is 1. The number of carbonyl (C=O) groups excluding carboxylic acids is 1. The van der Waals surface area contributed by atoms with Crippen LogP contribution in [0.3, 0.4) is 0 Å². The average Bonchev–Trinajstić information content (AvgIpc) is 2.89. The molecule has 0 fully saturated rings. The molecular weight excluding hydrogens is 288 g/mol. The molecule has 0 aliphatic heterocycles. The molecule has 21 heavy (non-hydrogen) atoms. The number of nitrogens with zero attached hydrogens (tertiary/aromatic N) is 2. The monoisotopic (exact) mass is 302 g/mol. The Hall–Kier alpha value is -2.07. The number of aromatic nitrogens is 2. The molecule has 0 spiro atoms. The van der Waals surface area contributed by atoms with Crippen LogP contribution in [0, 0.1) is 5.92 Å². The molecular formula is C16H15ClN2O2. The Kier molecular flexibility index (Phi) is 3.55. The Bertz CT molecular complexity index is 761. The predicted octanol–water partition coefficient (Wildman–Crippen LogP) is 3.54. The van der Waals surface area contributed by atoms with Gasteiger partial charge in [-0.2, -0.15) is 0 Å². The van der Waals surface area contributed by atoms with Crippen LogP contribution in [0.25, 0.3) is 10.9 Å².